The summed E-state index contributed by atoms with van der Waals surface area (Å²) in [4.78, 5) is 0. The van der Waals surface area contributed by atoms with E-state index in [4.69, 9.17) is 0 Å². The van der Waals surface area contributed by atoms with E-state index in [9.17, 15) is 0 Å². The van der Waals surface area contributed by atoms with Gasteiger partial charge in [-0.3, -0.25) is 0 Å². The van der Waals surface area contributed by atoms with Crippen LogP contribution < -0.4 is 5.32 Å². The van der Waals surface area contributed by atoms with Crippen molar-refractivity contribution in [1.29, 1.82) is 0 Å². The molecule has 0 radical (unpaired) electrons. The molecule has 1 aliphatic carbocycles. The van der Waals surface area contributed by atoms with Crippen LogP contribution in [0.5, 0.6) is 0 Å². The monoisotopic (exact) mass is 267 g/mol. The second-order valence-corrected chi connectivity index (χ2v) is 5.96. The van der Waals surface area contributed by atoms with E-state index in [0.29, 0.717) is 0 Å². The second kappa shape index (κ2) is 4.26. The summed E-state index contributed by atoms with van der Waals surface area (Å²) < 4.78 is 1.15. The summed E-state index contributed by atoms with van der Waals surface area (Å²) in [5.74, 6) is 0. The summed E-state index contributed by atoms with van der Waals surface area (Å²) in [5.41, 5.74) is 1.63. The van der Waals surface area contributed by atoms with Crippen LogP contribution in [0.15, 0.2) is 28.7 Å². The summed E-state index contributed by atoms with van der Waals surface area (Å²) in [6, 6.07) is 9.44. The van der Waals surface area contributed by atoms with Crippen molar-refractivity contribution in [2.75, 3.05) is 6.54 Å². The molecule has 1 fully saturated rings. The van der Waals surface area contributed by atoms with Crippen LogP contribution >= 0.6 is 15.9 Å². The highest BCUT2D eigenvalue weighted by molar-refractivity contribution is 9.10. The summed E-state index contributed by atoms with van der Waals surface area (Å²) in [5, 5.41) is 3.60. The summed E-state index contributed by atoms with van der Waals surface area (Å²) in [6.07, 6.45) is 2.72. The summed E-state index contributed by atoms with van der Waals surface area (Å²) >= 11 is 3.47. The molecular weight excluding hydrogens is 250 g/mol. The predicted octanol–water partition coefficient (Wildman–Crippen LogP) is 3.48. The molecule has 0 saturated heterocycles. The molecule has 1 aromatic rings. The van der Waals surface area contributed by atoms with Gasteiger partial charge in [0.1, 0.15) is 0 Å². The van der Waals surface area contributed by atoms with Crippen molar-refractivity contribution >= 4 is 15.9 Å². The van der Waals surface area contributed by atoms with E-state index in [0.717, 1.165) is 17.1 Å². The van der Waals surface area contributed by atoms with Crippen molar-refractivity contribution in [3.05, 3.63) is 34.3 Å². The largest absolute Gasteiger partial charge is 0.313 e. The van der Waals surface area contributed by atoms with Crippen LogP contribution in [0.2, 0.25) is 0 Å². The third-order valence-electron chi connectivity index (χ3n) is 3.04. The Kier molecular flexibility index (Phi) is 3.17. The Morgan fingerprint density at radius 3 is 2.40 bits per heavy atom. The van der Waals surface area contributed by atoms with E-state index < -0.39 is 0 Å². The molecule has 1 aromatic carbocycles. The molecule has 82 valence electrons. The molecule has 0 aliphatic heterocycles. The number of benzene rings is 1. The zero-order valence-corrected chi connectivity index (χ0v) is 11.0. The molecular formula is C13H18BrN. The average molecular weight is 268 g/mol. The van der Waals surface area contributed by atoms with Crippen LogP contribution in [0.3, 0.4) is 0 Å². The van der Waals surface area contributed by atoms with Crippen molar-refractivity contribution in [1.82, 2.24) is 5.32 Å². The lowest BCUT2D eigenvalue weighted by atomic mass is 9.84. The Hall–Kier alpha value is -0.340. The van der Waals surface area contributed by atoms with E-state index in [1.165, 1.54) is 18.4 Å². The standard InChI is InChI=1S/C13H18BrN/c1-13(2,9-15-12-7-8-12)10-3-5-11(14)6-4-10/h3-6,12,15H,7-9H2,1-2H3. The predicted molar refractivity (Wildman–Crippen MR) is 68.2 cm³/mol. The number of nitrogens with one attached hydrogen (secondary N) is 1. The van der Waals surface area contributed by atoms with Gasteiger partial charge in [-0.15, -0.1) is 0 Å². The smallest absolute Gasteiger partial charge is 0.0175 e. The van der Waals surface area contributed by atoms with E-state index in [-0.39, 0.29) is 5.41 Å². The highest BCUT2D eigenvalue weighted by Gasteiger charge is 2.26. The molecule has 0 bridgehead atoms. The lowest BCUT2D eigenvalue weighted by Crippen LogP contribution is -2.34. The lowest BCUT2D eigenvalue weighted by Gasteiger charge is -2.25. The third-order valence-corrected chi connectivity index (χ3v) is 3.56. The maximum absolute atomic E-state index is 3.60. The zero-order valence-electron chi connectivity index (χ0n) is 9.39. The molecule has 0 heterocycles. The van der Waals surface area contributed by atoms with E-state index in [1.807, 2.05) is 0 Å². The minimum Gasteiger partial charge on any atom is -0.313 e. The zero-order chi connectivity index (χ0) is 10.9. The van der Waals surface area contributed by atoms with E-state index in [2.05, 4.69) is 59.4 Å². The van der Waals surface area contributed by atoms with E-state index in [1.54, 1.807) is 0 Å². The van der Waals surface area contributed by atoms with Crippen molar-refractivity contribution in [3.63, 3.8) is 0 Å². The molecule has 1 N–H and O–H groups in total. The first-order valence-corrected chi connectivity index (χ1v) is 6.37. The molecule has 2 heteroatoms. The van der Waals surface area contributed by atoms with Crippen LogP contribution in [0.4, 0.5) is 0 Å². The van der Waals surface area contributed by atoms with Gasteiger partial charge in [-0.1, -0.05) is 41.9 Å². The fourth-order valence-corrected chi connectivity index (χ4v) is 1.95. The molecule has 1 aliphatic rings. The van der Waals surface area contributed by atoms with Gasteiger partial charge in [-0.25, -0.2) is 0 Å². The van der Waals surface area contributed by atoms with Crippen LogP contribution in [0.1, 0.15) is 32.3 Å². The molecule has 0 aromatic heterocycles. The Bertz CT molecular complexity index is 325. The number of hydrogen-bond donors (Lipinski definition) is 1. The Labute approximate surface area is 100 Å². The van der Waals surface area contributed by atoms with Crippen LogP contribution in [-0.2, 0) is 5.41 Å². The van der Waals surface area contributed by atoms with Gasteiger partial charge in [-0.05, 0) is 30.5 Å². The molecule has 2 rings (SSSR count). The second-order valence-electron chi connectivity index (χ2n) is 5.05. The highest BCUT2D eigenvalue weighted by atomic mass is 79.9. The summed E-state index contributed by atoms with van der Waals surface area (Å²) in [7, 11) is 0. The fourth-order valence-electron chi connectivity index (χ4n) is 1.69. The topological polar surface area (TPSA) is 12.0 Å². The Morgan fingerprint density at radius 1 is 1.27 bits per heavy atom. The lowest BCUT2D eigenvalue weighted by molar-refractivity contribution is 0.467. The maximum Gasteiger partial charge on any atom is 0.0175 e. The Morgan fingerprint density at radius 2 is 1.87 bits per heavy atom. The van der Waals surface area contributed by atoms with Gasteiger partial charge >= 0.3 is 0 Å². The average Bonchev–Trinajstić information content (AvgIpc) is 2.99. The first-order valence-electron chi connectivity index (χ1n) is 5.57. The van der Waals surface area contributed by atoms with Crippen LogP contribution in [0, 0.1) is 0 Å². The van der Waals surface area contributed by atoms with Gasteiger partial charge in [0.15, 0.2) is 0 Å². The minimum atomic E-state index is 0.225. The van der Waals surface area contributed by atoms with Crippen molar-refractivity contribution in [2.24, 2.45) is 0 Å². The minimum absolute atomic E-state index is 0.225. The van der Waals surface area contributed by atoms with Gasteiger partial charge < -0.3 is 5.32 Å². The molecule has 0 atom stereocenters. The molecule has 1 nitrogen and oxygen atoms in total. The molecule has 15 heavy (non-hydrogen) atoms. The Balaban J connectivity index is 2.02. The van der Waals surface area contributed by atoms with Gasteiger partial charge in [0.05, 0.1) is 0 Å². The van der Waals surface area contributed by atoms with Crippen LogP contribution in [0.25, 0.3) is 0 Å². The molecule has 1 saturated carbocycles. The van der Waals surface area contributed by atoms with Crippen molar-refractivity contribution in [3.8, 4) is 0 Å². The number of halogens is 1. The quantitative estimate of drug-likeness (QED) is 0.881. The van der Waals surface area contributed by atoms with Gasteiger partial charge in [0.25, 0.3) is 0 Å². The van der Waals surface area contributed by atoms with Crippen LogP contribution in [-0.4, -0.2) is 12.6 Å². The van der Waals surface area contributed by atoms with Gasteiger partial charge in [0.2, 0.25) is 0 Å². The molecule has 0 unspecified atom stereocenters. The number of hydrogen-bond acceptors (Lipinski definition) is 1. The maximum atomic E-state index is 3.60. The number of rotatable bonds is 4. The molecule has 0 spiro atoms. The first-order chi connectivity index (χ1) is 7.08. The third kappa shape index (κ3) is 3.05. The normalized spacial score (nSPS) is 16.7. The van der Waals surface area contributed by atoms with Crippen molar-refractivity contribution in [2.45, 2.75) is 38.1 Å². The fraction of sp³-hybridized carbons (Fsp3) is 0.538. The summed E-state index contributed by atoms with van der Waals surface area (Å²) in [6.45, 7) is 5.66. The van der Waals surface area contributed by atoms with Gasteiger partial charge in [-0.2, -0.15) is 0 Å². The highest BCUT2D eigenvalue weighted by Crippen LogP contribution is 2.26. The first kappa shape index (κ1) is 11.2. The SMILES string of the molecule is CC(C)(CNC1CC1)c1ccc(Br)cc1. The van der Waals surface area contributed by atoms with Gasteiger partial charge in [0, 0.05) is 22.5 Å². The van der Waals surface area contributed by atoms with E-state index >= 15 is 0 Å². The molecule has 0 amide bonds. The van der Waals surface area contributed by atoms with Crippen molar-refractivity contribution < 1.29 is 0 Å².